The molecule has 0 unspecified atom stereocenters. The molecule has 0 bridgehead atoms. The molecule has 0 aliphatic carbocycles. The number of rotatable bonds is 0. The Morgan fingerprint density at radius 2 is 2.30 bits per heavy atom. The lowest BCUT2D eigenvalue weighted by Crippen LogP contribution is -1.66. The summed E-state index contributed by atoms with van der Waals surface area (Å²) in [6.07, 6.45) is 0. The zero-order valence-corrected chi connectivity index (χ0v) is 6.98. The highest BCUT2D eigenvalue weighted by atomic mass is 32.2. The van der Waals surface area contributed by atoms with Gasteiger partial charge >= 0.3 is 0 Å². The van der Waals surface area contributed by atoms with E-state index in [1.54, 1.807) is 11.3 Å². The summed E-state index contributed by atoms with van der Waals surface area (Å²) in [6, 6.07) is 1.97. The van der Waals surface area contributed by atoms with Gasteiger partial charge in [-0.05, 0) is 18.4 Å². The van der Waals surface area contributed by atoms with E-state index in [0.29, 0.717) is 0 Å². The van der Waals surface area contributed by atoms with Crippen molar-refractivity contribution in [2.75, 3.05) is 0 Å². The Balaban J connectivity index is 2.95. The van der Waals surface area contributed by atoms with Gasteiger partial charge in [0.15, 0.2) is 5.13 Å². The fourth-order valence-electron chi connectivity index (χ4n) is 0.916. The number of aryl methyl sites for hydroxylation is 1. The first-order valence-corrected chi connectivity index (χ1v) is 4.61. The van der Waals surface area contributed by atoms with Crippen LogP contribution in [0.3, 0.4) is 0 Å². The van der Waals surface area contributed by atoms with Gasteiger partial charge in [0.05, 0.1) is 4.01 Å². The Morgan fingerprint density at radius 3 is 3.00 bits per heavy atom. The molecule has 0 aliphatic heterocycles. The lowest BCUT2D eigenvalue weighted by molar-refractivity contribution is 0.650. The van der Waals surface area contributed by atoms with Gasteiger partial charge in [-0.15, -0.1) is 11.3 Å². The van der Waals surface area contributed by atoms with Gasteiger partial charge in [0.2, 0.25) is 0 Å². The van der Waals surface area contributed by atoms with Crippen molar-refractivity contribution in [3.63, 3.8) is 0 Å². The largest absolute Gasteiger partial charge is 0.195 e. The van der Waals surface area contributed by atoms with Crippen LogP contribution < -0.4 is 0 Å². The number of fused-ring (bicyclic) bond motifs is 1. The molecule has 0 fully saturated rings. The van der Waals surface area contributed by atoms with Gasteiger partial charge in [-0.2, -0.15) is 4.39 Å². The molecule has 0 nitrogen and oxygen atoms in total. The van der Waals surface area contributed by atoms with Crippen LogP contribution in [0, 0.1) is 12.1 Å². The Labute approximate surface area is 65.9 Å². The zero-order valence-electron chi connectivity index (χ0n) is 5.35. The SMILES string of the molecule is Cc1c(F)sc2sccc12. The first-order chi connectivity index (χ1) is 4.79. The van der Waals surface area contributed by atoms with Crippen LogP contribution in [-0.2, 0) is 0 Å². The predicted octanol–water partition coefficient (Wildman–Crippen LogP) is 3.41. The van der Waals surface area contributed by atoms with E-state index in [-0.39, 0.29) is 5.13 Å². The topological polar surface area (TPSA) is 0 Å². The zero-order chi connectivity index (χ0) is 7.14. The predicted molar refractivity (Wildman–Crippen MR) is 44.4 cm³/mol. The van der Waals surface area contributed by atoms with Gasteiger partial charge in [0, 0.05) is 10.9 Å². The van der Waals surface area contributed by atoms with Crippen LogP contribution >= 0.6 is 22.7 Å². The van der Waals surface area contributed by atoms with Crippen molar-refractivity contribution in [1.29, 1.82) is 0 Å². The van der Waals surface area contributed by atoms with E-state index in [0.717, 1.165) is 15.0 Å². The van der Waals surface area contributed by atoms with Crippen molar-refractivity contribution >= 4 is 32.1 Å². The van der Waals surface area contributed by atoms with Crippen molar-refractivity contribution in [3.8, 4) is 0 Å². The van der Waals surface area contributed by atoms with Crippen LogP contribution in [-0.4, -0.2) is 0 Å². The summed E-state index contributed by atoms with van der Waals surface area (Å²) in [4.78, 5) is 0. The van der Waals surface area contributed by atoms with Crippen LogP contribution in [0.2, 0.25) is 0 Å². The molecule has 0 saturated heterocycles. The number of halogens is 1. The van der Waals surface area contributed by atoms with Crippen molar-refractivity contribution in [1.82, 2.24) is 0 Å². The highest BCUT2D eigenvalue weighted by Gasteiger charge is 2.07. The lowest BCUT2D eigenvalue weighted by Gasteiger charge is -1.80. The van der Waals surface area contributed by atoms with Crippen LogP contribution in [0.4, 0.5) is 4.39 Å². The minimum atomic E-state index is -0.0400. The van der Waals surface area contributed by atoms with Gasteiger partial charge in [0.1, 0.15) is 0 Å². The second kappa shape index (κ2) is 2.04. The average molecular weight is 172 g/mol. The second-order valence-corrected chi connectivity index (χ2v) is 4.27. The fourth-order valence-corrected chi connectivity index (χ4v) is 2.93. The summed E-state index contributed by atoms with van der Waals surface area (Å²) in [6.45, 7) is 1.82. The minimum absolute atomic E-state index is 0.0400. The molecule has 0 radical (unpaired) electrons. The van der Waals surface area contributed by atoms with Crippen LogP contribution in [0.1, 0.15) is 5.56 Å². The summed E-state index contributed by atoms with van der Waals surface area (Å²) in [5.41, 5.74) is 0.793. The molecule has 0 atom stereocenters. The standard InChI is InChI=1S/C7H5FS2/c1-4-5-2-3-9-7(5)10-6(4)8/h2-3H,1H3. The van der Waals surface area contributed by atoms with E-state index in [2.05, 4.69) is 0 Å². The summed E-state index contributed by atoms with van der Waals surface area (Å²) in [5.74, 6) is 0. The van der Waals surface area contributed by atoms with Gasteiger partial charge < -0.3 is 0 Å². The van der Waals surface area contributed by atoms with Gasteiger partial charge in [-0.1, -0.05) is 11.3 Å². The maximum Gasteiger partial charge on any atom is 0.181 e. The number of hydrogen-bond donors (Lipinski definition) is 0. The van der Waals surface area contributed by atoms with E-state index in [1.807, 2.05) is 18.4 Å². The van der Waals surface area contributed by atoms with Crippen LogP contribution in [0.5, 0.6) is 0 Å². The molecule has 2 aromatic rings. The lowest BCUT2D eigenvalue weighted by atomic mass is 10.3. The monoisotopic (exact) mass is 172 g/mol. The molecular formula is C7H5FS2. The Kier molecular flexibility index (Phi) is 1.28. The van der Waals surface area contributed by atoms with Crippen LogP contribution in [0.15, 0.2) is 11.4 Å². The normalized spacial score (nSPS) is 11.0. The summed E-state index contributed by atoms with van der Waals surface area (Å²) in [7, 11) is 0. The third kappa shape index (κ3) is 0.707. The molecule has 0 saturated carbocycles. The first-order valence-electron chi connectivity index (χ1n) is 2.91. The number of hydrogen-bond acceptors (Lipinski definition) is 2. The second-order valence-electron chi connectivity index (χ2n) is 2.12. The average Bonchev–Trinajstić information content (AvgIpc) is 2.41. The third-order valence-corrected chi connectivity index (χ3v) is 3.65. The minimum Gasteiger partial charge on any atom is -0.195 e. The Hall–Kier alpha value is -0.410. The Morgan fingerprint density at radius 1 is 1.50 bits per heavy atom. The third-order valence-electron chi connectivity index (χ3n) is 1.51. The van der Waals surface area contributed by atoms with E-state index in [4.69, 9.17) is 0 Å². The maximum atomic E-state index is 12.8. The van der Waals surface area contributed by atoms with E-state index >= 15 is 0 Å². The smallest absolute Gasteiger partial charge is 0.181 e. The molecular weight excluding hydrogens is 167 g/mol. The van der Waals surface area contributed by atoms with Gasteiger partial charge in [-0.25, -0.2) is 0 Å². The van der Waals surface area contributed by atoms with Crippen molar-refractivity contribution < 1.29 is 4.39 Å². The molecule has 0 amide bonds. The molecule has 0 spiro atoms. The quantitative estimate of drug-likeness (QED) is 0.571. The van der Waals surface area contributed by atoms with E-state index < -0.39 is 0 Å². The van der Waals surface area contributed by atoms with E-state index in [1.165, 1.54) is 11.3 Å². The Bertz CT molecular complexity index is 358. The molecule has 2 rings (SSSR count). The summed E-state index contributed by atoms with van der Waals surface area (Å²) >= 11 is 2.84. The van der Waals surface area contributed by atoms with Crippen molar-refractivity contribution in [2.45, 2.75) is 6.92 Å². The number of thiophene rings is 2. The van der Waals surface area contributed by atoms with E-state index in [9.17, 15) is 4.39 Å². The van der Waals surface area contributed by atoms with Crippen LogP contribution in [0.25, 0.3) is 9.40 Å². The first kappa shape index (κ1) is 6.31. The fraction of sp³-hybridized carbons (Fsp3) is 0.143. The van der Waals surface area contributed by atoms with Crippen molar-refractivity contribution in [3.05, 3.63) is 22.1 Å². The molecule has 2 aromatic heterocycles. The highest BCUT2D eigenvalue weighted by Crippen LogP contribution is 2.33. The molecule has 2 heterocycles. The molecule has 0 aromatic carbocycles. The summed E-state index contributed by atoms with van der Waals surface area (Å²) < 4.78 is 13.9. The summed E-state index contributed by atoms with van der Waals surface area (Å²) in [5, 5.41) is 3.03. The highest BCUT2D eigenvalue weighted by molar-refractivity contribution is 7.37. The molecule has 0 N–H and O–H groups in total. The van der Waals surface area contributed by atoms with Crippen molar-refractivity contribution in [2.24, 2.45) is 0 Å². The van der Waals surface area contributed by atoms with Gasteiger partial charge in [-0.3, -0.25) is 0 Å². The molecule has 3 heteroatoms. The maximum absolute atomic E-state index is 12.8. The molecule has 10 heavy (non-hydrogen) atoms. The van der Waals surface area contributed by atoms with Gasteiger partial charge in [0.25, 0.3) is 0 Å². The molecule has 0 aliphatic rings. The molecule has 52 valence electrons.